The smallest absolute Gasteiger partial charge is 0.0438 e. The quantitative estimate of drug-likeness (QED) is 0.891. The van der Waals surface area contributed by atoms with E-state index in [0.717, 1.165) is 19.0 Å². The van der Waals surface area contributed by atoms with Gasteiger partial charge in [0.15, 0.2) is 0 Å². The first-order valence-electron chi connectivity index (χ1n) is 7.68. The molecule has 2 rings (SSSR count). The summed E-state index contributed by atoms with van der Waals surface area (Å²) in [6.07, 6.45) is 1.24. The van der Waals surface area contributed by atoms with Crippen molar-refractivity contribution in [2.24, 2.45) is 11.8 Å². The first-order valence-corrected chi connectivity index (χ1v) is 7.68. The first kappa shape index (κ1) is 14.4. The molecule has 19 heavy (non-hydrogen) atoms. The van der Waals surface area contributed by atoms with E-state index in [1.54, 1.807) is 0 Å². The van der Waals surface area contributed by atoms with E-state index in [1.807, 2.05) is 0 Å². The lowest BCUT2D eigenvalue weighted by Crippen LogP contribution is -2.60. The molecule has 0 amide bonds. The fourth-order valence-electron chi connectivity index (χ4n) is 2.97. The second-order valence-corrected chi connectivity index (χ2v) is 6.20. The van der Waals surface area contributed by atoms with Crippen molar-refractivity contribution in [2.75, 3.05) is 18.0 Å². The van der Waals surface area contributed by atoms with Crippen molar-refractivity contribution < 1.29 is 0 Å². The van der Waals surface area contributed by atoms with Gasteiger partial charge in [-0.05, 0) is 24.0 Å². The molecule has 0 aromatic heterocycles. The highest BCUT2D eigenvalue weighted by Crippen LogP contribution is 2.25. The number of para-hydroxylation sites is 1. The summed E-state index contributed by atoms with van der Waals surface area (Å²) in [6.45, 7) is 11.5. The van der Waals surface area contributed by atoms with Crippen molar-refractivity contribution in [2.45, 2.75) is 46.2 Å². The zero-order valence-corrected chi connectivity index (χ0v) is 12.8. The van der Waals surface area contributed by atoms with Gasteiger partial charge in [0.25, 0.3) is 0 Å². The minimum Gasteiger partial charge on any atom is -0.365 e. The van der Waals surface area contributed by atoms with Gasteiger partial charge in [-0.2, -0.15) is 0 Å². The summed E-state index contributed by atoms with van der Waals surface area (Å²) in [5.41, 5.74) is 1.37. The molecule has 0 spiro atoms. The maximum atomic E-state index is 3.76. The zero-order chi connectivity index (χ0) is 13.8. The average Bonchev–Trinajstić information content (AvgIpc) is 2.46. The van der Waals surface area contributed by atoms with Crippen LogP contribution in [0.25, 0.3) is 0 Å². The van der Waals surface area contributed by atoms with Crippen LogP contribution in [0.1, 0.15) is 34.1 Å². The maximum absolute atomic E-state index is 3.76. The Labute approximate surface area is 118 Å². The molecular formula is C17H28N2. The number of rotatable bonds is 4. The highest BCUT2D eigenvalue weighted by molar-refractivity contribution is 5.48. The molecule has 1 saturated heterocycles. The SMILES string of the molecule is CCC(C)C1CN(c2ccccc2)C(C(C)C)CN1. The highest BCUT2D eigenvalue weighted by atomic mass is 15.2. The lowest BCUT2D eigenvalue weighted by atomic mass is 9.91. The van der Waals surface area contributed by atoms with Gasteiger partial charge in [-0.3, -0.25) is 0 Å². The summed E-state index contributed by atoms with van der Waals surface area (Å²) in [4.78, 5) is 2.61. The Bertz CT molecular complexity index is 374. The van der Waals surface area contributed by atoms with Crippen molar-refractivity contribution in [1.29, 1.82) is 0 Å². The topological polar surface area (TPSA) is 15.3 Å². The van der Waals surface area contributed by atoms with E-state index in [0.29, 0.717) is 18.0 Å². The van der Waals surface area contributed by atoms with Crippen LogP contribution in [0.15, 0.2) is 30.3 Å². The molecule has 1 N–H and O–H groups in total. The Morgan fingerprint density at radius 1 is 1.21 bits per heavy atom. The van der Waals surface area contributed by atoms with Crippen LogP contribution in [-0.4, -0.2) is 25.2 Å². The van der Waals surface area contributed by atoms with Gasteiger partial charge >= 0.3 is 0 Å². The number of hydrogen-bond donors (Lipinski definition) is 1. The third-order valence-corrected chi connectivity index (χ3v) is 4.57. The van der Waals surface area contributed by atoms with Gasteiger partial charge in [0.2, 0.25) is 0 Å². The lowest BCUT2D eigenvalue weighted by molar-refractivity contribution is 0.281. The third kappa shape index (κ3) is 3.30. The zero-order valence-electron chi connectivity index (χ0n) is 12.8. The predicted molar refractivity (Wildman–Crippen MR) is 83.7 cm³/mol. The van der Waals surface area contributed by atoms with E-state index in [-0.39, 0.29) is 0 Å². The number of nitrogens with one attached hydrogen (secondary N) is 1. The molecule has 0 radical (unpaired) electrons. The van der Waals surface area contributed by atoms with E-state index in [4.69, 9.17) is 0 Å². The second kappa shape index (κ2) is 6.42. The summed E-state index contributed by atoms with van der Waals surface area (Å²) in [7, 11) is 0. The molecule has 1 aliphatic rings. The Morgan fingerprint density at radius 3 is 2.47 bits per heavy atom. The molecule has 1 fully saturated rings. The van der Waals surface area contributed by atoms with E-state index in [9.17, 15) is 0 Å². The number of anilines is 1. The van der Waals surface area contributed by atoms with Gasteiger partial charge in [-0.25, -0.2) is 0 Å². The van der Waals surface area contributed by atoms with Crippen LogP contribution in [0, 0.1) is 11.8 Å². The number of piperazine rings is 1. The number of hydrogen-bond acceptors (Lipinski definition) is 2. The fraction of sp³-hybridized carbons (Fsp3) is 0.647. The van der Waals surface area contributed by atoms with E-state index in [2.05, 4.69) is 68.2 Å². The lowest BCUT2D eigenvalue weighted by Gasteiger charge is -2.45. The van der Waals surface area contributed by atoms with Crippen LogP contribution in [0.2, 0.25) is 0 Å². The van der Waals surface area contributed by atoms with Crippen molar-refractivity contribution in [3.8, 4) is 0 Å². The van der Waals surface area contributed by atoms with Gasteiger partial charge in [-0.15, -0.1) is 0 Å². The summed E-state index contributed by atoms with van der Waals surface area (Å²) >= 11 is 0. The van der Waals surface area contributed by atoms with Crippen molar-refractivity contribution >= 4 is 5.69 Å². The third-order valence-electron chi connectivity index (χ3n) is 4.57. The molecule has 0 bridgehead atoms. The minimum atomic E-state index is 0.600. The summed E-state index contributed by atoms with van der Waals surface area (Å²) in [5.74, 6) is 1.41. The normalized spacial score (nSPS) is 25.6. The Hall–Kier alpha value is -1.02. The molecule has 0 saturated carbocycles. The van der Waals surface area contributed by atoms with Gasteiger partial charge in [0, 0.05) is 30.9 Å². The molecule has 0 aliphatic carbocycles. The Kier molecular flexibility index (Phi) is 4.87. The molecule has 106 valence electrons. The largest absolute Gasteiger partial charge is 0.365 e. The molecule has 3 atom stereocenters. The Morgan fingerprint density at radius 2 is 1.89 bits per heavy atom. The van der Waals surface area contributed by atoms with Crippen LogP contribution in [0.3, 0.4) is 0 Å². The van der Waals surface area contributed by atoms with Crippen LogP contribution in [0.4, 0.5) is 5.69 Å². The van der Waals surface area contributed by atoms with Crippen LogP contribution < -0.4 is 10.2 Å². The number of nitrogens with zero attached hydrogens (tertiary/aromatic N) is 1. The number of benzene rings is 1. The molecule has 1 heterocycles. The predicted octanol–water partition coefficient (Wildman–Crippen LogP) is 3.54. The van der Waals surface area contributed by atoms with Crippen LogP contribution in [0.5, 0.6) is 0 Å². The fourth-order valence-corrected chi connectivity index (χ4v) is 2.97. The standard InChI is InChI=1S/C17H28N2/c1-5-14(4)16-12-19(15-9-7-6-8-10-15)17(11-18-16)13(2)3/h6-10,13-14,16-18H,5,11-12H2,1-4H3. The van der Waals surface area contributed by atoms with Crippen molar-refractivity contribution in [3.05, 3.63) is 30.3 Å². The van der Waals surface area contributed by atoms with Crippen molar-refractivity contribution in [1.82, 2.24) is 5.32 Å². The Balaban J connectivity index is 2.18. The summed E-state index contributed by atoms with van der Waals surface area (Å²) < 4.78 is 0. The second-order valence-electron chi connectivity index (χ2n) is 6.20. The van der Waals surface area contributed by atoms with Gasteiger partial charge in [-0.1, -0.05) is 52.3 Å². The van der Waals surface area contributed by atoms with Crippen LogP contribution in [-0.2, 0) is 0 Å². The molecule has 1 aromatic carbocycles. The van der Waals surface area contributed by atoms with Crippen molar-refractivity contribution in [3.63, 3.8) is 0 Å². The highest BCUT2D eigenvalue weighted by Gasteiger charge is 2.31. The van der Waals surface area contributed by atoms with E-state index in [1.165, 1.54) is 12.1 Å². The van der Waals surface area contributed by atoms with Crippen LogP contribution >= 0.6 is 0 Å². The van der Waals surface area contributed by atoms with E-state index >= 15 is 0 Å². The molecule has 2 heteroatoms. The summed E-state index contributed by atoms with van der Waals surface area (Å²) in [6, 6.07) is 12.1. The average molecular weight is 260 g/mol. The molecule has 1 aromatic rings. The maximum Gasteiger partial charge on any atom is 0.0438 e. The molecule has 2 nitrogen and oxygen atoms in total. The molecule has 3 unspecified atom stereocenters. The minimum absolute atomic E-state index is 0.600. The van der Waals surface area contributed by atoms with Gasteiger partial charge in [0.05, 0.1) is 0 Å². The summed E-state index contributed by atoms with van der Waals surface area (Å²) in [5, 5.41) is 3.76. The molecule has 1 aliphatic heterocycles. The monoisotopic (exact) mass is 260 g/mol. The first-order chi connectivity index (χ1) is 9.13. The van der Waals surface area contributed by atoms with Gasteiger partial charge in [0.1, 0.15) is 0 Å². The van der Waals surface area contributed by atoms with E-state index < -0.39 is 0 Å². The van der Waals surface area contributed by atoms with Gasteiger partial charge < -0.3 is 10.2 Å². The molecular weight excluding hydrogens is 232 g/mol.